The number of nitrogens with one attached hydrogen (secondary N) is 1. The van der Waals surface area contributed by atoms with Crippen molar-refractivity contribution in [2.45, 2.75) is 24.4 Å². The normalized spacial score (nSPS) is 21.8. The van der Waals surface area contributed by atoms with Crippen LogP contribution in [0.3, 0.4) is 0 Å². The number of aromatic nitrogens is 1. The topological polar surface area (TPSA) is 45.0 Å². The van der Waals surface area contributed by atoms with E-state index in [2.05, 4.69) is 30.0 Å². The van der Waals surface area contributed by atoms with Gasteiger partial charge in [0.05, 0.1) is 6.04 Å². The number of nitrogens with zero attached hydrogens (tertiary/aromatic N) is 1. The summed E-state index contributed by atoms with van der Waals surface area (Å²) in [4.78, 5) is 5.44. The molecule has 0 spiro atoms. The largest absolute Gasteiger partial charge is 0.364 e. The van der Waals surface area contributed by atoms with Crippen molar-refractivity contribution in [2.75, 3.05) is 14.1 Å². The van der Waals surface area contributed by atoms with Gasteiger partial charge >= 0.3 is 0 Å². The Morgan fingerprint density at radius 2 is 2.23 bits per heavy atom. The van der Waals surface area contributed by atoms with Crippen LogP contribution in [0, 0.1) is 0 Å². The number of nitrogens with two attached hydrogens (primary N) is 1. The molecular weight excluding hydrogens is 162 g/mol. The number of rotatable bonds is 3. The lowest BCUT2D eigenvalue weighted by molar-refractivity contribution is 0.241. The van der Waals surface area contributed by atoms with Crippen molar-refractivity contribution in [3.8, 4) is 0 Å². The Balaban J connectivity index is 2.25. The van der Waals surface area contributed by atoms with Crippen LogP contribution in [0.4, 0.5) is 0 Å². The zero-order valence-corrected chi connectivity index (χ0v) is 8.25. The van der Waals surface area contributed by atoms with Gasteiger partial charge in [0.2, 0.25) is 0 Å². The number of hydrogen-bond donors (Lipinski definition) is 2. The monoisotopic (exact) mass is 179 g/mol. The van der Waals surface area contributed by atoms with Crippen LogP contribution in [-0.4, -0.2) is 29.5 Å². The van der Waals surface area contributed by atoms with E-state index in [-0.39, 0.29) is 5.54 Å². The number of H-pyrrole nitrogens is 1. The molecule has 1 aliphatic carbocycles. The van der Waals surface area contributed by atoms with Crippen molar-refractivity contribution in [1.29, 1.82) is 0 Å². The van der Waals surface area contributed by atoms with Gasteiger partial charge in [-0.15, -0.1) is 0 Å². The molecule has 72 valence electrons. The predicted molar refractivity (Wildman–Crippen MR) is 53.4 cm³/mol. The Kier molecular flexibility index (Phi) is 1.93. The Bertz CT molecular complexity index is 272. The van der Waals surface area contributed by atoms with Crippen molar-refractivity contribution in [1.82, 2.24) is 9.88 Å². The first-order chi connectivity index (χ1) is 6.13. The first-order valence-electron chi connectivity index (χ1n) is 4.72. The minimum absolute atomic E-state index is 0.00829. The van der Waals surface area contributed by atoms with Crippen LogP contribution in [0.1, 0.15) is 24.6 Å². The summed E-state index contributed by atoms with van der Waals surface area (Å²) in [6.45, 7) is 0. The Morgan fingerprint density at radius 1 is 1.54 bits per heavy atom. The zero-order chi connectivity index (χ0) is 9.47. The van der Waals surface area contributed by atoms with E-state index in [1.54, 1.807) is 0 Å². The highest BCUT2D eigenvalue weighted by Crippen LogP contribution is 2.45. The van der Waals surface area contributed by atoms with E-state index in [0.717, 1.165) is 12.8 Å². The molecule has 0 bridgehead atoms. The fourth-order valence-corrected chi connectivity index (χ4v) is 2.03. The van der Waals surface area contributed by atoms with Gasteiger partial charge in [-0.25, -0.2) is 0 Å². The van der Waals surface area contributed by atoms with Gasteiger partial charge in [0.25, 0.3) is 0 Å². The van der Waals surface area contributed by atoms with Gasteiger partial charge < -0.3 is 10.7 Å². The average molecular weight is 179 g/mol. The van der Waals surface area contributed by atoms with E-state index in [9.17, 15) is 0 Å². The quantitative estimate of drug-likeness (QED) is 0.730. The SMILES string of the molecule is CN(C)C(c1ccc[nH]1)C1(N)CC1. The van der Waals surface area contributed by atoms with Gasteiger partial charge in [-0.05, 0) is 39.1 Å². The van der Waals surface area contributed by atoms with Crippen LogP contribution in [0.2, 0.25) is 0 Å². The highest BCUT2D eigenvalue weighted by Gasteiger charge is 2.47. The molecule has 1 aromatic heterocycles. The van der Waals surface area contributed by atoms with E-state index in [4.69, 9.17) is 5.73 Å². The Morgan fingerprint density at radius 3 is 2.62 bits per heavy atom. The number of likely N-dealkylation sites (N-methyl/N-ethyl adjacent to an activating group) is 1. The molecule has 1 saturated carbocycles. The molecular formula is C10H17N3. The van der Waals surface area contributed by atoms with Crippen LogP contribution < -0.4 is 5.73 Å². The van der Waals surface area contributed by atoms with Crippen molar-refractivity contribution in [3.05, 3.63) is 24.0 Å². The Hall–Kier alpha value is -0.800. The molecule has 0 aliphatic heterocycles. The van der Waals surface area contributed by atoms with Crippen LogP contribution >= 0.6 is 0 Å². The smallest absolute Gasteiger partial charge is 0.0675 e. The summed E-state index contributed by atoms with van der Waals surface area (Å²) >= 11 is 0. The van der Waals surface area contributed by atoms with Gasteiger partial charge in [0, 0.05) is 17.4 Å². The molecule has 2 rings (SSSR count). The molecule has 0 amide bonds. The van der Waals surface area contributed by atoms with E-state index >= 15 is 0 Å². The molecule has 3 nitrogen and oxygen atoms in total. The van der Waals surface area contributed by atoms with Crippen molar-refractivity contribution in [3.63, 3.8) is 0 Å². The zero-order valence-electron chi connectivity index (χ0n) is 8.25. The van der Waals surface area contributed by atoms with Crippen LogP contribution in [0.25, 0.3) is 0 Å². The highest BCUT2D eigenvalue weighted by atomic mass is 15.2. The first kappa shape index (κ1) is 8.78. The second-order valence-corrected chi connectivity index (χ2v) is 4.22. The lowest BCUT2D eigenvalue weighted by Gasteiger charge is -2.29. The first-order valence-corrected chi connectivity index (χ1v) is 4.72. The van der Waals surface area contributed by atoms with Crippen molar-refractivity contribution in [2.24, 2.45) is 5.73 Å². The maximum atomic E-state index is 6.22. The summed E-state index contributed by atoms with van der Waals surface area (Å²) in [7, 11) is 4.16. The van der Waals surface area contributed by atoms with Crippen molar-refractivity contribution >= 4 is 0 Å². The molecule has 0 radical (unpaired) electrons. The maximum absolute atomic E-state index is 6.22. The molecule has 3 heteroatoms. The summed E-state index contributed by atoms with van der Waals surface area (Å²) in [6.07, 6.45) is 4.22. The number of aromatic amines is 1. The molecule has 0 aromatic carbocycles. The van der Waals surface area contributed by atoms with Crippen molar-refractivity contribution < 1.29 is 0 Å². The van der Waals surface area contributed by atoms with Gasteiger partial charge in [-0.1, -0.05) is 0 Å². The van der Waals surface area contributed by atoms with Gasteiger partial charge in [0.15, 0.2) is 0 Å². The van der Waals surface area contributed by atoms with E-state index in [0.29, 0.717) is 6.04 Å². The molecule has 1 atom stereocenters. The number of hydrogen-bond acceptors (Lipinski definition) is 2. The third-order valence-corrected chi connectivity index (χ3v) is 2.80. The second-order valence-electron chi connectivity index (χ2n) is 4.22. The molecule has 1 unspecified atom stereocenters. The summed E-state index contributed by atoms with van der Waals surface area (Å²) < 4.78 is 0. The Labute approximate surface area is 78.9 Å². The molecule has 1 fully saturated rings. The molecule has 3 N–H and O–H groups in total. The van der Waals surface area contributed by atoms with Gasteiger partial charge in [-0.3, -0.25) is 4.90 Å². The fraction of sp³-hybridized carbons (Fsp3) is 0.600. The molecule has 13 heavy (non-hydrogen) atoms. The highest BCUT2D eigenvalue weighted by molar-refractivity contribution is 5.20. The van der Waals surface area contributed by atoms with Crippen LogP contribution in [-0.2, 0) is 0 Å². The minimum atomic E-state index is 0.00829. The standard InChI is InChI=1S/C10H17N3/c1-13(2)9(10(11)5-6-10)8-4-3-7-12-8/h3-4,7,9,12H,5-6,11H2,1-2H3. The van der Waals surface area contributed by atoms with Gasteiger partial charge in [-0.2, -0.15) is 0 Å². The lowest BCUT2D eigenvalue weighted by Crippen LogP contribution is -2.39. The summed E-state index contributed by atoms with van der Waals surface area (Å²) in [6, 6.07) is 4.47. The van der Waals surface area contributed by atoms with Crippen LogP contribution in [0.15, 0.2) is 18.3 Å². The third kappa shape index (κ3) is 1.49. The predicted octanol–water partition coefficient (Wildman–Crippen LogP) is 1.11. The van der Waals surface area contributed by atoms with Gasteiger partial charge in [0.1, 0.15) is 0 Å². The second kappa shape index (κ2) is 2.86. The molecule has 1 heterocycles. The fourth-order valence-electron chi connectivity index (χ4n) is 2.03. The summed E-state index contributed by atoms with van der Waals surface area (Å²) in [5.74, 6) is 0. The minimum Gasteiger partial charge on any atom is -0.364 e. The maximum Gasteiger partial charge on any atom is 0.0675 e. The lowest BCUT2D eigenvalue weighted by atomic mass is 10.0. The van der Waals surface area contributed by atoms with E-state index in [1.165, 1.54) is 5.69 Å². The summed E-state index contributed by atoms with van der Waals surface area (Å²) in [5, 5.41) is 0. The molecule has 1 aromatic rings. The summed E-state index contributed by atoms with van der Waals surface area (Å²) in [5.41, 5.74) is 7.46. The van der Waals surface area contributed by atoms with E-state index < -0.39 is 0 Å². The third-order valence-electron chi connectivity index (χ3n) is 2.80. The molecule has 0 saturated heterocycles. The van der Waals surface area contributed by atoms with E-state index in [1.807, 2.05) is 12.3 Å². The average Bonchev–Trinajstić information content (AvgIpc) is 2.62. The molecule has 1 aliphatic rings. The van der Waals surface area contributed by atoms with Crippen LogP contribution in [0.5, 0.6) is 0 Å².